The molecular weight excluding hydrogens is 279 g/mol. The van der Waals surface area contributed by atoms with Crippen LogP contribution in [0.5, 0.6) is 5.75 Å². The maximum absolute atomic E-state index is 12.1. The van der Waals surface area contributed by atoms with E-state index in [4.69, 9.17) is 0 Å². The molecule has 1 unspecified atom stereocenters. The Bertz CT molecular complexity index is 448. The van der Waals surface area contributed by atoms with E-state index in [2.05, 4.69) is 23.9 Å². The lowest BCUT2D eigenvalue weighted by atomic mass is 9.82. The monoisotopic (exact) mass is 301 g/mol. The van der Waals surface area contributed by atoms with Gasteiger partial charge in [-0.05, 0) is 55.8 Å². The zero-order valence-electron chi connectivity index (χ0n) is 12.5. The maximum Gasteiger partial charge on any atom is 0.573 e. The van der Waals surface area contributed by atoms with Gasteiger partial charge >= 0.3 is 6.36 Å². The van der Waals surface area contributed by atoms with Crippen LogP contribution in [0.4, 0.5) is 13.2 Å². The fourth-order valence-electron chi connectivity index (χ4n) is 3.25. The largest absolute Gasteiger partial charge is 0.573 e. The summed E-state index contributed by atoms with van der Waals surface area (Å²) in [6.45, 7) is 5.41. The van der Waals surface area contributed by atoms with Gasteiger partial charge in [0.05, 0.1) is 0 Å². The van der Waals surface area contributed by atoms with Crippen molar-refractivity contribution in [3.05, 3.63) is 29.8 Å². The van der Waals surface area contributed by atoms with Crippen molar-refractivity contribution in [2.45, 2.75) is 51.4 Å². The summed E-state index contributed by atoms with van der Waals surface area (Å²) in [6, 6.07) is 6.23. The third-order valence-electron chi connectivity index (χ3n) is 3.83. The summed E-state index contributed by atoms with van der Waals surface area (Å²) in [5, 5.41) is 3.59. The summed E-state index contributed by atoms with van der Waals surface area (Å²) in [5.74, 6) is 0.423. The van der Waals surface area contributed by atoms with Crippen LogP contribution in [0.2, 0.25) is 0 Å². The minimum Gasteiger partial charge on any atom is -0.406 e. The van der Waals surface area contributed by atoms with Crippen LogP contribution in [0.15, 0.2) is 24.3 Å². The lowest BCUT2D eigenvalue weighted by Crippen LogP contribution is -2.43. The maximum atomic E-state index is 12.1. The Morgan fingerprint density at radius 1 is 1.24 bits per heavy atom. The van der Waals surface area contributed by atoms with Crippen LogP contribution >= 0.6 is 0 Å². The van der Waals surface area contributed by atoms with Crippen molar-refractivity contribution in [2.75, 3.05) is 6.54 Å². The van der Waals surface area contributed by atoms with E-state index in [1.165, 1.54) is 12.1 Å². The molecule has 21 heavy (non-hydrogen) atoms. The van der Waals surface area contributed by atoms with Gasteiger partial charge in [-0.25, -0.2) is 0 Å². The predicted octanol–water partition coefficient (Wildman–Crippen LogP) is 4.30. The van der Waals surface area contributed by atoms with Gasteiger partial charge in [-0.2, -0.15) is 0 Å². The van der Waals surface area contributed by atoms with Crippen molar-refractivity contribution >= 4 is 0 Å². The summed E-state index contributed by atoms with van der Waals surface area (Å²) in [5.41, 5.74) is 1.13. The molecule has 5 heteroatoms. The Hall–Kier alpha value is -1.23. The van der Waals surface area contributed by atoms with E-state index in [0.717, 1.165) is 37.8 Å². The van der Waals surface area contributed by atoms with E-state index < -0.39 is 6.36 Å². The first-order valence-corrected chi connectivity index (χ1v) is 7.38. The first kappa shape index (κ1) is 16.1. The van der Waals surface area contributed by atoms with Gasteiger partial charge in [-0.3, -0.25) is 0 Å². The average Bonchev–Trinajstić information content (AvgIpc) is 2.77. The quantitative estimate of drug-likeness (QED) is 0.875. The number of alkyl halides is 3. The molecule has 1 fully saturated rings. The Morgan fingerprint density at radius 3 is 2.38 bits per heavy atom. The van der Waals surface area contributed by atoms with Crippen LogP contribution in [0, 0.1) is 5.92 Å². The lowest BCUT2D eigenvalue weighted by molar-refractivity contribution is -0.274. The van der Waals surface area contributed by atoms with Crippen LogP contribution in [0.3, 0.4) is 0 Å². The highest BCUT2D eigenvalue weighted by molar-refractivity contribution is 5.29. The number of halogens is 3. The highest BCUT2D eigenvalue weighted by atomic mass is 19.4. The van der Waals surface area contributed by atoms with Crippen molar-refractivity contribution in [2.24, 2.45) is 5.92 Å². The Balaban J connectivity index is 2.04. The van der Waals surface area contributed by atoms with Crippen LogP contribution in [0.1, 0.15) is 38.7 Å². The van der Waals surface area contributed by atoms with Crippen LogP contribution < -0.4 is 10.1 Å². The molecule has 2 rings (SSSR count). The summed E-state index contributed by atoms with van der Waals surface area (Å²) in [6.07, 6.45) is -0.438. The number of hydrogen-bond donors (Lipinski definition) is 1. The predicted molar refractivity (Wildman–Crippen MR) is 76.3 cm³/mol. The van der Waals surface area contributed by atoms with Crippen molar-refractivity contribution in [3.8, 4) is 5.75 Å². The molecule has 1 saturated heterocycles. The third kappa shape index (κ3) is 4.92. The zero-order chi connectivity index (χ0) is 15.5. The normalized spacial score (nSPS) is 22.8. The summed E-state index contributed by atoms with van der Waals surface area (Å²) >= 11 is 0. The SMILES string of the molecule is CC(C)CC1(Cc2ccc(OC(F)(F)F)cc2)CCCN1. The summed E-state index contributed by atoms with van der Waals surface area (Å²) in [7, 11) is 0. The van der Waals surface area contributed by atoms with E-state index in [1.54, 1.807) is 12.1 Å². The molecule has 118 valence electrons. The van der Waals surface area contributed by atoms with Crippen molar-refractivity contribution in [1.29, 1.82) is 0 Å². The highest BCUT2D eigenvalue weighted by Gasteiger charge is 2.34. The second-order valence-corrected chi connectivity index (χ2v) is 6.28. The van der Waals surface area contributed by atoms with Gasteiger partial charge in [0.15, 0.2) is 0 Å². The molecule has 0 spiro atoms. The minimum atomic E-state index is -4.63. The zero-order valence-corrected chi connectivity index (χ0v) is 12.5. The van der Waals surface area contributed by atoms with E-state index in [-0.39, 0.29) is 11.3 Å². The standard InChI is InChI=1S/C16H22F3NO/c1-12(2)10-15(8-3-9-20-15)11-13-4-6-14(7-5-13)21-16(17,18)19/h4-7,12,20H,3,8-11H2,1-2H3. The van der Waals surface area contributed by atoms with Crippen molar-refractivity contribution in [1.82, 2.24) is 5.32 Å². The molecule has 2 nitrogen and oxygen atoms in total. The molecule has 0 saturated carbocycles. The van der Waals surface area contributed by atoms with E-state index in [1.807, 2.05) is 0 Å². The van der Waals surface area contributed by atoms with Gasteiger partial charge in [-0.15, -0.1) is 13.2 Å². The molecule has 1 aromatic carbocycles. The first-order chi connectivity index (χ1) is 9.78. The van der Waals surface area contributed by atoms with Gasteiger partial charge in [0.2, 0.25) is 0 Å². The van der Waals surface area contributed by atoms with Gasteiger partial charge in [0.1, 0.15) is 5.75 Å². The number of benzene rings is 1. The second kappa shape index (κ2) is 6.26. The van der Waals surface area contributed by atoms with Gasteiger partial charge in [-0.1, -0.05) is 26.0 Å². The molecule has 1 atom stereocenters. The van der Waals surface area contributed by atoms with Crippen LogP contribution in [0.25, 0.3) is 0 Å². The Kier molecular flexibility index (Phi) is 4.81. The molecule has 1 aliphatic rings. The van der Waals surface area contributed by atoms with Crippen LogP contribution in [-0.4, -0.2) is 18.4 Å². The first-order valence-electron chi connectivity index (χ1n) is 7.38. The number of ether oxygens (including phenoxy) is 1. The van der Waals surface area contributed by atoms with Gasteiger partial charge in [0, 0.05) is 5.54 Å². The van der Waals surface area contributed by atoms with Crippen molar-refractivity contribution < 1.29 is 17.9 Å². The third-order valence-corrected chi connectivity index (χ3v) is 3.83. The Labute approximate surface area is 123 Å². The number of nitrogens with one attached hydrogen (secondary N) is 1. The average molecular weight is 301 g/mol. The number of hydrogen-bond acceptors (Lipinski definition) is 2. The van der Waals surface area contributed by atoms with Crippen molar-refractivity contribution in [3.63, 3.8) is 0 Å². The van der Waals surface area contributed by atoms with Crippen LogP contribution in [-0.2, 0) is 6.42 Å². The Morgan fingerprint density at radius 2 is 1.90 bits per heavy atom. The molecule has 1 aromatic rings. The van der Waals surface area contributed by atoms with E-state index in [9.17, 15) is 13.2 Å². The lowest BCUT2D eigenvalue weighted by Gasteiger charge is -2.31. The second-order valence-electron chi connectivity index (χ2n) is 6.28. The fourth-order valence-corrected chi connectivity index (χ4v) is 3.25. The van der Waals surface area contributed by atoms with Gasteiger partial charge < -0.3 is 10.1 Å². The molecule has 1 N–H and O–H groups in total. The molecule has 0 aromatic heterocycles. The smallest absolute Gasteiger partial charge is 0.406 e. The molecule has 0 radical (unpaired) electrons. The highest BCUT2D eigenvalue weighted by Crippen LogP contribution is 2.31. The van der Waals surface area contributed by atoms with Gasteiger partial charge in [0.25, 0.3) is 0 Å². The summed E-state index contributed by atoms with van der Waals surface area (Å²) < 4.78 is 40.3. The fraction of sp³-hybridized carbons (Fsp3) is 0.625. The van der Waals surface area contributed by atoms with E-state index in [0.29, 0.717) is 5.92 Å². The summed E-state index contributed by atoms with van der Waals surface area (Å²) in [4.78, 5) is 0. The van der Waals surface area contributed by atoms with E-state index >= 15 is 0 Å². The molecule has 0 amide bonds. The minimum absolute atomic E-state index is 0.0839. The number of rotatable bonds is 5. The molecular formula is C16H22F3NO. The topological polar surface area (TPSA) is 21.3 Å². The molecule has 0 aliphatic carbocycles. The molecule has 1 heterocycles. The molecule has 1 aliphatic heterocycles. The molecule has 0 bridgehead atoms.